The van der Waals surface area contributed by atoms with Gasteiger partial charge in [-0.3, -0.25) is 0 Å². The molecule has 0 radical (unpaired) electrons. The van der Waals surface area contributed by atoms with E-state index < -0.39 is 0 Å². The van der Waals surface area contributed by atoms with Crippen LogP contribution in [0.2, 0.25) is 0 Å². The fourth-order valence-electron chi connectivity index (χ4n) is 1.77. The molecular formula is C13H19ClS. The summed E-state index contributed by atoms with van der Waals surface area (Å²) in [6, 6.07) is 4.54. The van der Waals surface area contributed by atoms with Gasteiger partial charge in [0.05, 0.1) is 0 Å². The van der Waals surface area contributed by atoms with E-state index in [0.717, 1.165) is 23.8 Å². The maximum absolute atomic E-state index is 5.65. The lowest BCUT2D eigenvalue weighted by Crippen LogP contribution is -1.94. The van der Waals surface area contributed by atoms with Crippen LogP contribution in [0, 0.1) is 20.8 Å². The molecule has 0 unspecified atom stereocenters. The molecule has 0 atom stereocenters. The van der Waals surface area contributed by atoms with Gasteiger partial charge < -0.3 is 0 Å². The third-order valence-electron chi connectivity index (χ3n) is 2.51. The number of hydrogen-bond acceptors (Lipinski definition) is 1. The zero-order valence-electron chi connectivity index (χ0n) is 9.77. The molecule has 0 N–H and O–H groups in total. The van der Waals surface area contributed by atoms with E-state index in [1.165, 1.54) is 22.3 Å². The molecule has 0 fully saturated rings. The van der Waals surface area contributed by atoms with Crippen LogP contribution in [0.4, 0.5) is 0 Å². The van der Waals surface area contributed by atoms with Crippen LogP contribution in [0.3, 0.4) is 0 Å². The van der Waals surface area contributed by atoms with Gasteiger partial charge in [0.1, 0.15) is 0 Å². The lowest BCUT2D eigenvalue weighted by atomic mass is 10.0. The first-order chi connectivity index (χ1) is 7.15. The van der Waals surface area contributed by atoms with Gasteiger partial charge >= 0.3 is 0 Å². The molecule has 0 spiro atoms. The van der Waals surface area contributed by atoms with Crippen LogP contribution >= 0.6 is 23.4 Å². The molecule has 1 aromatic rings. The van der Waals surface area contributed by atoms with Crippen LogP contribution in [0.1, 0.15) is 28.7 Å². The molecule has 1 aromatic carbocycles. The Morgan fingerprint density at radius 2 is 1.73 bits per heavy atom. The van der Waals surface area contributed by atoms with Gasteiger partial charge in [0, 0.05) is 11.6 Å². The number of halogens is 1. The lowest BCUT2D eigenvalue weighted by molar-refractivity contribution is 1.11. The highest BCUT2D eigenvalue weighted by Gasteiger charge is 2.03. The third kappa shape index (κ3) is 4.08. The first kappa shape index (κ1) is 12.9. The number of rotatable bonds is 5. The molecule has 0 aliphatic rings. The summed E-state index contributed by atoms with van der Waals surface area (Å²) in [5.41, 5.74) is 5.71. The van der Waals surface area contributed by atoms with Crippen LogP contribution in [-0.2, 0) is 5.75 Å². The molecule has 0 bridgehead atoms. The predicted molar refractivity (Wildman–Crippen MR) is 72.2 cm³/mol. The van der Waals surface area contributed by atoms with E-state index >= 15 is 0 Å². The Kier molecular flexibility index (Phi) is 5.55. The summed E-state index contributed by atoms with van der Waals surface area (Å²) in [7, 11) is 0. The van der Waals surface area contributed by atoms with Gasteiger partial charge in [-0.1, -0.05) is 17.7 Å². The van der Waals surface area contributed by atoms with Crippen LogP contribution in [0.15, 0.2) is 12.1 Å². The second-order valence-corrected chi connectivity index (χ2v) is 5.46. The first-order valence-corrected chi connectivity index (χ1v) is 7.04. The minimum absolute atomic E-state index is 0.777. The number of aryl methyl sites for hydroxylation is 3. The summed E-state index contributed by atoms with van der Waals surface area (Å²) >= 11 is 7.63. The summed E-state index contributed by atoms with van der Waals surface area (Å²) in [5.74, 6) is 3.06. The van der Waals surface area contributed by atoms with Gasteiger partial charge in [0.15, 0.2) is 0 Å². The standard InChI is InChI=1S/C13H19ClS/c1-10-7-11(2)13(12(3)8-10)9-15-6-4-5-14/h7-8H,4-6,9H2,1-3H3. The van der Waals surface area contributed by atoms with E-state index in [9.17, 15) is 0 Å². The molecule has 0 saturated heterocycles. The SMILES string of the molecule is Cc1cc(C)c(CSCCCCl)c(C)c1. The second kappa shape index (κ2) is 6.44. The summed E-state index contributed by atoms with van der Waals surface area (Å²) in [5, 5.41) is 0. The second-order valence-electron chi connectivity index (χ2n) is 3.97. The summed E-state index contributed by atoms with van der Waals surface area (Å²) in [6.07, 6.45) is 1.11. The Morgan fingerprint density at radius 3 is 2.27 bits per heavy atom. The maximum atomic E-state index is 5.65. The van der Waals surface area contributed by atoms with Gasteiger partial charge in [-0.25, -0.2) is 0 Å². The number of alkyl halides is 1. The van der Waals surface area contributed by atoms with Crippen molar-refractivity contribution in [1.29, 1.82) is 0 Å². The van der Waals surface area contributed by atoms with Crippen LogP contribution in [0.25, 0.3) is 0 Å². The molecule has 0 aliphatic carbocycles. The van der Waals surface area contributed by atoms with Crippen molar-refractivity contribution in [3.8, 4) is 0 Å². The van der Waals surface area contributed by atoms with Gasteiger partial charge in [-0.2, -0.15) is 11.8 Å². The zero-order chi connectivity index (χ0) is 11.3. The van der Waals surface area contributed by atoms with E-state index in [4.69, 9.17) is 11.6 Å². The molecule has 0 saturated carbocycles. The topological polar surface area (TPSA) is 0 Å². The molecule has 0 aliphatic heterocycles. The van der Waals surface area contributed by atoms with Crippen molar-refractivity contribution < 1.29 is 0 Å². The smallest absolute Gasteiger partial charge is 0.0231 e. The zero-order valence-corrected chi connectivity index (χ0v) is 11.3. The molecule has 2 heteroatoms. The Labute approximate surface area is 102 Å². The molecule has 0 aromatic heterocycles. The Bertz CT molecular complexity index is 297. The average Bonchev–Trinajstić information content (AvgIpc) is 2.15. The van der Waals surface area contributed by atoms with Crippen LogP contribution in [-0.4, -0.2) is 11.6 Å². The molecule has 0 nitrogen and oxygen atoms in total. The van der Waals surface area contributed by atoms with E-state index in [2.05, 4.69) is 32.9 Å². The highest BCUT2D eigenvalue weighted by atomic mass is 35.5. The summed E-state index contributed by atoms with van der Waals surface area (Å²) < 4.78 is 0. The van der Waals surface area contributed by atoms with E-state index in [1.807, 2.05) is 11.8 Å². The molecule has 84 valence electrons. The third-order valence-corrected chi connectivity index (χ3v) is 3.85. The number of hydrogen-bond donors (Lipinski definition) is 0. The highest BCUT2D eigenvalue weighted by molar-refractivity contribution is 7.98. The van der Waals surface area contributed by atoms with E-state index in [-0.39, 0.29) is 0 Å². The van der Waals surface area contributed by atoms with Gasteiger partial charge in [0.25, 0.3) is 0 Å². The summed E-state index contributed by atoms with van der Waals surface area (Å²) in [6.45, 7) is 6.57. The minimum Gasteiger partial charge on any atom is -0.157 e. The van der Waals surface area contributed by atoms with Crippen molar-refractivity contribution >= 4 is 23.4 Å². The van der Waals surface area contributed by atoms with Crippen LogP contribution in [0.5, 0.6) is 0 Å². The summed E-state index contributed by atoms with van der Waals surface area (Å²) in [4.78, 5) is 0. The molecular weight excluding hydrogens is 224 g/mol. The van der Waals surface area contributed by atoms with Crippen molar-refractivity contribution in [2.75, 3.05) is 11.6 Å². The monoisotopic (exact) mass is 242 g/mol. The maximum Gasteiger partial charge on any atom is 0.0231 e. The Hall–Kier alpha value is -0.140. The Balaban J connectivity index is 2.60. The minimum atomic E-state index is 0.777. The number of benzene rings is 1. The van der Waals surface area contributed by atoms with Gasteiger partial charge in [-0.15, -0.1) is 11.6 Å². The Morgan fingerprint density at radius 1 is 1.13 bits per heavy atom. The molecule has 0 heterocycles. The predicted octanol–water partition coefficient (Wildman–Crippen LogP) is 4.47. The normalized spacial score (nSPS) is 10.7. The van der Waals surface area contributed by atoms with E-state index in [1.54, 1.807) is 0 Å². The molecule has 15 heavy (non-hydrogen) atoms. The largest absolute Gasteiger partial charge is 0.157 e. The van der Waals surface area contributed by atoms with Crippen molar-refractivity contribution in [2.24, 2.45) is 0 Å². The molecule has 0 amide bonds. The van der Waals surface area contributed by atoms with Crippen molar-refractivity contribution in [2.45, 2.75) is 32.9 Å². The van der Waals surface area contributed by atoms with Crippen molar-refractivity contribution in [3.63, 3.8) is 0 Å². The fourth-order valence-corrected chi connectivity index (χ4v) is 3.21. The molecule has 1 rings (SSSR count). The van der Waals surface area contributed by atoms with Crippen LogP contribution < -0.4 is 0 Å². The van der Waals surface area contributed by atoms with Crippen molar-refractivity contribution in [3.05, 3.63) is 34.4 Å². The lowest BCUT2D eigenvalue weighted by Gasteiger charge is -2.10. The average molecular weight is 243 g/mol. The highest BCUT2D eigenvalue weighted by Crippen LogP contribution is 2.22. The fraction of sp³-hybridized carbons (Fsp3) is 0.538. The van der Waals surface area contributed by atoms with E-state index in [0.29, 0.717) is 0 Å². The first-order valence-electron chi connectivity index (χ1n) is 5.35. The number of thioether (sulfide) groups is 1. The van der Waals surface area contributed by atoms with Gasteiger partial charge in [0.2, 0.25) is 0 Å². The van der Waals surface area contributed by atoms with Crippen molar-refractivity contribution in [1.82, 2.24) is 0 Å². The van der Waals surface area contributed by atoms with Gasteiger partial charge in [-0.05, 0) is 49.6 Å². The quantitative estimate of drug-likeness (QED) is 0.542.